The summed E-state index contributed by atoms with van der Waals surface area (Å²) in [7, 11) is 0. The van der Waals surface area contributed by atoms with Crippen molar-refractivity contribution in [3.8, 4) is 0 Å². The Balaban J connectivity index is 1.27. The number of hydrogen-bond acceptors (Lipinski definition) is 6. The van der Waals surface area contributed by atoms with E-state index in [9.17, 15) is 14.4 Å². The number of urea groups is 1. The van der Waals surface area contributed by atoms with Gasteiger partial charge in [0, 0.05) is 44.2 Å². The normalized spacial score (nSPS) is 26.7. The van der Waals surface area contributed by atoms with Gasteiger partial charge in [0.2, 0.25) is 0 Å². The number of carbonyl (C=O) groups excluding carboxylic acids is 3. The summed E-state index contributed by atoms with van der Waals surface area (Å²) in [6.45, 7) is 6.83. The smallest absolute Gasteiger partial charge is 0.325 e. The Bertz CT molecular complexity index is 884. The fraction of sp³-hybridized carbons (Fsp3) is 0.727. The minimum Gasteiger partial charge on any atom is -0.360 e. The summed E-state index contributed by atoms with van der Waals surface area (Å²) >= 11 is 0. The number of rotatable bonds is 4. The summed E-state index contributed by atoms with van der Waals surface area (Å²) in [4.78, 5) is 44.6. The fourth-order valence-electron chi connectivity index (χ4n) is 5.20. The molecule has 0 bridgehead atoms. The maximum Gasteiger partial charge on any atom is 0.325 e. The Hall–Kier alpha value is -2.42. The second-order valence-corrected chi connectivity index (χ2v) is 9.75. The van der Waals surface area contributed by atoms with Gasteiger partial charge in [-0.1, -0.05) is 5.16 Å². The molecular weight excluding hydrogens is 398 g/mol. The second-order valence-electron chi connectivity index (χ2n) is 9.75. The van der Waals surface area contributed by atoms with Crippen LogP contribution in [0.4, 0.5) is 4.79 Å². The molecule has 4 fully saturated rings. The van der Waals surface area contributed by atoms with Gasteiger partial charge < -0.3 is 19.6 Å². The number of piperidine rings is 2. The molecule has 31 heavy (non-hydrogen) atoms. The predicted octanol–water partition coefficient (Wildman–Crippen LogP) is 1.95. The van der Waals surface area contributed by atoms with E-state index in [-0.39, 0.29) is 23.9 Å². The Morgan fingerprint density at radius 1 is 1.19 bits per heavy atom. The number of hydrogen-bond donors (Lipinski definition) is 1. The molecule has 1 saturated carbocycles. The maximum absolute atomic E-state index is 13.4. The molecule has 0 aromatic carbocycles. The summed E-state index contributed by atoms with van der Waals surface area (Å²) in [5.74, 6) is 0.859. The maximum atomic E-state index is 13.4. The topological polar surface area (TPSA) is 99.0 Å². The predicted molar refractivity (Wildman–Crippen MR) is 111 cm³/mol. The minimum absolute atomic E-state index is 0.127. The van der Waals surface area contributed by atoms with Gasteiger partial charge >= 0.3 is 6.03 Å². The lowest BCUT2D eigenvalue weighted by Gasteiger charge is -2.40. The van der Waals surface area contributed by atoms with E-state index < -0.39 is 5.54 Å². The lowest BCUT2D eigenvalue weighted by Crippen LogP contribution is -2.57. The summed E-state index contributed by atoms with van der Waals surface area (Å²) in [5.41, 5.74) is -0.475. The van der Waals surface area contributed by atoms with Crippen molar-refractivity contribution < 1.29 is 18.9 Å². The third-order valence-corrected chi connectivity index (χ3v) is 7.35. The first kappa shape index (κ1) is 20.5. The van der Waals surface area contributed by atoms with Crippen LogP contribution in [0.15, 0.2) is 10.6 Å². The van der Waals surface area contributed by atoms with Gasteiger partial charge in [-0.05, 0) is 52.4 Å². The highest BCUT2D eigenvalue weighted by Gasteiger charge is 2.54. The van der Waals surface area contributed by atoms with E-state index >= 15 is 0 Å². The molecule has 3 saturated heterocycles. The van der Waals surface area contributed by atoms with Crippen molar-refractivity contribution in [2.75, 3.05) is 26.2 Å². The van der Waals surface area contributed by atoms with Crippen LogP contribution in [-0.2, 0) is 4.79 Å². The summed E-state index contributed by atoms with van der Waals surface area (Å²) in [6.07, 6.45) is 4.88. The van der Waals surface area contributed by atoms with Crippen LogP contribution < -0.4 is 5.32 Å². The average Bonchev–Trinajstić information content (AvgIpc) is 3.44. The van der Waals surface area contributed by atoms with Gasteiger partial charge in [-0.2, -0.15) is 0 Å². The largest absolute Gasteiger partial charge is 0.360 e. The molecule has 1 N–H and O–H groups in total. The quantitative estimate of drug-likeness (QED) is 0.735. The molecule has 168 valence electrons. The molecule has 9 heteroatoms. The highest BCUT2D eigenvalue weighted by molar-refractivity contribution is 6.07. The number of nitrogens with one attached hydrogen (secondary N) is 1. The van der Waals surface area contributed by atoms with Crippen LogP contribution in [-0.4, -0.2) is 81.5 Å². The van der Waals surface area contributed by atoms with Crippen LogP contribution in [0.5, 0.6) is 0 Å². The molecule has 9 nitrogen and oxygen atoms in total. The molecular formula is C22H31N5O4. The van der Waals surface area contributed by atoms with Crippen molar-refractivity contribution in [3.05, 3.63) is 17.5 Å². The lowest BCUT2D eigenvalue weighted by molar-refractivity contribution is -0.135. The molecule has 1 aliphatic carbocycles. The van der Waals surface area contributed by atoms with Crippen LogP contribution in [0, 0.1) is 0 Å². The summed E-state index contributed by atoms with van der Waals surface area (Å²) < 4.78 is 5.33. The third kappa shape index (κ3) is 3.62. The van der Waals surface area contributed by atoms with Crippen molar-refractivity contribution in [1.29, 1.82) is 0 Å². The van der Waals surface area contributed by atoms with Crippen LogP contribution in [0.3, 0.4) is 0 Å². The van der Waals surface area contributed by atoms with Crippen molar-refractivity contribution in [3.63, 3.8) is 0 Å². The Morgan fingerprint density at radius 3 is 2.61 bits per heavy atom. The van der Waals surface area contributed by atoms with Crippen molar-refractivity contribution in [2.45, 2.75) is 75.9 Å². The highest BCUT2D eigenvalue weighted by atomic mass is 16.5. The number of amides is 4. The van der Waals surface area contributed by atoms with E-state index in [4.69, 9.17) is 4.52 Å². The van der Waals surface area contributed by atoms with E-state index in [2.05, 4.69) is 29.2 Å². The van der Waals surface area contributed by atoms with Gasteiger partial charge in [0.15, 0.2) is 5.69 Å². The van der Waals surface area contributed by atoms with Gasteiger partial charge in [0.1, 0.15) is 11.3 Å². The lowest BCUT2D eigenvalue weighted by atomic mass is 9.86. The standard InChI is InChI=1S/C22H31N5O4/c1-14(2)25-10-7-22(8-11-25)20(29)27(21(30)23-22)16-4-3-9-26(13-16)19(28)17-12-18(31-24-17)15-5-6-15/h12,14-16H,3-11,13H2,1-2H3,(H,23,30)/t16-/m1/s1. The molecule has 1 atom stereocenters. The molecule has 1 spiro atoms. The fourth-order valence-corrected chi connectivity index (χ4v) is 5.20. The number of aromatic nitrogens is 1. The first-order chi connectivity index (χ1) is 14.9. The van der Waals surface area contributed by atoms with E-state index in [0.29, 0.717) is 50.0 Å². The monoisotopic (exact) mass is 429 g/mol. The molecule has 4 amide bonds. The minimum atomic E-state index is -0.792. The van der Waals surface area contributed by atoms with Crippen LogP contribution >= 0.6 is 0 Å². The third-order valence-electron chi connectivity index (χ3n) is 7.35. The van der Waals surface area contributed by atoms with Crippen molar-refractivity contribution in [1.82, 2.24) is 25.2 Å². The van der Waals surface area contributed by atoms with Gasteiger partial charge in [0.25, 0.3) is 11.8 Å². The van der Waals surface area contributed by atoms with Crippen LogP contribution in [0.2, 0.25) is 0 Å². The highest BCUT2D eigenvalue weighted by Crippen LogP contribution is 2.40. The molecule has 4 heterocycles. The number of imide groups is 1. The van der Waals surface area contributed by atoms with Gasteiger partial charge in [-0.3, -0.25) is 14.5 Å². The van der Waals surface area contributed by atoms with Gasteiger partial charge in [0.05, 0.1) is 6.04 Å². The molecule has 5 rings (SSSR count). The zero-order chi connectivity index (χ0) is 21.8. The van der Waals surface area contributed by atoms with Crippen LogP contribution in [0.25, 0.3) is 0 Å². The van der Waals surface area contributed by atoms with Crippen molar-refractivity contribution >= 4 is 17.8 Å². The summed E-state index contributed by atoms with van der Waals surface area (Å²) in [6, 6.07) is 1.55. The Morgan fingerprint density at radius 2 is 1.94 bits per heavy atom. The number of nitrogens with zero attached hydrogens (tertiary/aromatic N) is 4. The van der Waals surface area contributed by atoms with Gasteiger partial charge in [-0.25, -0.2) is 4.79 Å². The SMILES string of the molecule is CC(C)N1CCC2(CC1)NC(=O)N([C@@H]1CCCN(C(=O)c3cc(C4CC4)on3)C1)C2=O. The molecule has 0 unspecified atom stereocenters. The average molecular weight is 430 g/mol. The van der Waals surface area contributed by atoms with E-state index in [1.807, 2.05) is 0 Å². The second kappa shape index (κ2) is 7.62. The number of likely N-dealkylation sites (tertiary alicyclic amines) is 2. The Labute approximate surface area is 182 Å². The van der Waals surface area contributed by atoms with E-state index in [1.54, 1.807) is 11.0 Å². The molecule has 3 aliphatic heterocycles. The molecule has 0 radical (unpaired) electrons. The molecule has 4 aliphatic rings. The van der Waals surface area contributed by atoms with Gasteiger partial charge in [-0.15, -0.1) is 0 Å². The number of carbonyl (C=O) groups is 3. The first-order valence-electron chi connectivity index (χ1n) is 11.5. The Kier molecular flexibility index (Phi) is 5.03. The zero-order valence-corrected chi connectivity index (χ0v) is 18.3. The van der Waals surface area contributed by atoms with Crippen LogP contribution in [0.1, 0.15) is 74.5 Å². The van der Waals surface area contributed by atoms with Crippen molar-refractivity contribution in [2.24, 2.45) is 0 Å². The van der Waals surface area contributed by atoms with E-state index in [0.717, 1.165) is 38.1 Å². The zero-order valence-electron chi connectivity index (χ0n) is 18.3. The molecule has 1 aromatic heterocycles. The molecule has 1 aromatic rings. The van der Waals surface area contributed by atoms with E-state index in [1.165, 1.54) is 4.90 Å². The summed E-state index contributed by atoms with van der Waals surface area (Å²) in [5, 5.41) is 6.97. The first-order valence-corrected chi connectivity index (χ1v) is 11.5.